The molecular weight excluding hydrogens is 359 g/mol. The number of alkyl halides is 3. The Balaban J connectivity index is 1.95. The second-order valence-corrected chi connectivity index (χ2v) is 6.25. The monoisotopic (exact) mass is 371 g/mol. The Morgan fingerprint density at radius 1 is 0.889 bits per heavy atom. The summed E-state index contributed by atoms with van der Waals surface area (Å²) in [6.07, 6.45) is -4.79. The number of carbonyl (C=O) groups excluding carboxylic acids is 2. The van der Waals surface area contributed by atoms with E-state index >= 15 is 0 Å². The van der Waals surface area contributed by atoms with E-state index in [1.54, 1.807) is 6.07 Å². The van der Waals surface area contributed by atoms with Crippen molar-refractivity contribution in [3.05, 3.63) is 65.2 Å². The summed E-state index contributed by atoms with van der Waals surface area (Å²) < 4.78 is 41.0. The van der Waals surface area contributed by atoms with E-state index in [2.05, 4.69) is 10.1 Å². The Bertz CT molecular complexity index is 1100. The predicted molar refractivity (Wildman–Crippen MR) is 92.6 cm³/mol. The first kappa shape index (κ1) is 17.1. The van der Waals surface area contributed by atoms with Crippen molar-refractivity contribution in [1.29, 1.82) is 0 Å². The van der Waals surface area contributed by atoms with Crippen molar-refractivity contribution in [3.63, 3.8) is 0 Å². The first-order valence-corrected chi connectivity index (χ1v) is 8.02. The molecule has 0 saturated heterocycles. The molecule has 3 aromatic carbocycles. The van der Waals surface area contributed by atoms with Crippen LogP contribution in [-0.2, 0) is 0 Å². The molecule has 136 valence electrons. The molecule has 0 spiro atoms. The molecule has 27 heavy (non-hydrogen) atoms. The Labute approximate surface area is 151 Å². The van der Waals surface area contributed by atoms with Crippen LogP contribution in [0, 0.1) is 6.92 Å². The number of carbonyl (C=O) groups is 2. The topological polar surface area (TPSA) is 55.4 Å². The van der Waals surface area contributed by atoms with Gasteiger partial charge in [0.1, 0.15) is 5.75 Å². The van der Waals surface area contributed by atoms with Crippen LogP contribution in [0.15, 0.2) is 48.5 Å². The van der Waals surface area contributed by atoms with E-state index in [0.29, 0.717) is 11.1 Å². The molecule has 0 bridgehead atoms. The smallest absolute Gasteiger partial charge is 0.406 e. The average Bonchev–Trinajstić information content (AvgIpc) is 2.86. The molecule has 4 nitrogen and oxygen atoms in total. The lowest BCUT2D eigenvalue weighted by atomic mass is 9.90. The molecule has 0 radical (unpaired) electrons. The van der Waals surface area contributed by atoms with Gasteiger partial charge in [0.05, 0.1) is 11.1 Å². The number of imide groups is 1. The minimum atomic E-state index is -4.79. The van der Waals surface area contributed by atoms with Gasteiger partial charge in [0, 0.05) is 5.56 Å². The zero-order valence-corrected chi connectivity index (χ0v) is 14.0. The van der Waals surface area contributed by atoms with E-state index < -0.39 is 18.2 Å². The minimum absolute atomic E-state index is 0.225. The number of amides is 2. The van der Waals surface area contributed by atoms with Gasteiger partial charge in [-0.25, -0.2) is 0 Å². The van der Waals surface area contributed by atoms with Gasteiger partial charge in [0.15, 0.2) is 0 Å². The maximum Gasteiger partial charge on any atom is 0.573 e. The summed E-state index contributed by atoms with van der Waals surface area (Å²) in [5, 5.41) is 3.77. The number of rotatable bonds is 2. The van der Waals surface area contributed by atoms with E-state index in [1.165, 1.54) is 24.3 Å². The Morgan fingerprint density at radius 3 is 2.26 bits per heavy atom. The van der Waals surface area contributed by atoms with Gasteiger partial charge in [0.2, 0.25) is 0 Å². The zero-order valence-electron chi connectivity index (χ0n) is 14.0. The Hall–Kier alpha value is -3.35. The lowest BCUT2D eigenvalue weighted by Crippen LogP contribution is -2.20. The van der Waals surface area contributed by atoms with Crippen LogP contribution in [0.4, 0.5) is 13.2 Å². The molecule has 3 aromatic rings. The second-order valence-electron chi connectivity index (χ2n) is 6.25. The van der Waals surface area contributed by atoms with Crippen LogP contribution in [0.25, 0.3) is 21.9 Å². The maximum absolute atomic E-state index is 12.4. The van der Waals surface area contributed by atoms with E-state index in [-0.39, 0.29) is 16.9 Å². The number of hydrogen-bond acceptors (Lipinski definition) is 3. The fourth-order valence-corrected chi connectivity index (χ4v) is 3.28. The van der Waals surface area contributed by atoms with Gasteiger partial charge < -0.3 is 4.74 Å². The van der Waals surface area contributed by atoms with E-state index in [0.717, 1.165) is 16.3 Å². The van der Waals surface area contributed by atoms with Gasteiger partial charge in [0.25, 0.3) is 11.8 Å². The van der Waals surface area contributed by atoms with Gasteiger partial charge >= 0.3 is 6.36 Å². The summed E-state index contributed by atoms with van der Waals surface area (Å²) in [7, 11) is 0. The average molecular weight is 371 g/mol. The fraction of sp³-hybridized carbons (Fsp3) is 0.100. The number of nitrogens with one attached hydrogen (secondary N) is 1. The minimum Gasteiger partial charge on any atom is -0.406 e. The molecular formula is C20H12F3NO3. The van der Waals surface area contributed by atoms with Crippen molar-refractivity contribution in [2.75, 3.05) is 0 Å². The van der Waals surface area contributed by atoms with Gasteiger partial charge in [-0.2, -0.15) is 0 Å². The Kier molecular flexibility index (Phi) is 3.69. The summed E-state index contributed by atoms with van der Waals surface area (Å²) in [4.78, 5) is 24.5. The molecule has 0 saturated carbocycles. The molecule has 7 heteroatoms. The lowest BCUT2D eigenvalue weighted by Gasteiger charge is -2.13. The number of aryl methyl sites for hydroxylation is 1. The maximum atomic E-state index is 12.4. The SMILES string of the molecule is Cc1ccc2cc3c(c(-c4ccc(OC(F)(F)F)cc4)c2c1)C(=O)NC3=O. The first-order chi connectivity index (χ1) is 12.7. The van der Waals surface area contributed by atoms with Crippen LogP contribution in [-0.4, -0.2) is 18.2 Å². The van der Waals surface area contributed by atoms with Crippen molar-refractivity contribution in [2.45, 2.75) is 13.3 Å². The zero-order chi connectivity index (χ0) is 19.3. The molecule has 0 unspecified atom stereocenters. The molecule has 1 N–H and O–H groups in total. The van der Waals surface area contributed by atoms with Crippen LogP contribution in [0.1, 0.15) is 26.3 Å². The third kappa shape index (κ3) is 3.01. The summed E-state index contributed by atoms with van der Waals surface area (Å²) >= 11 is 0. The number of benzene rings is 3. The van der Waals surface area contributed by atoms with E-state index in [1.807, 2.05) is 25.1 Å². The van der Waals surface area contributed by atoms with E-state index in [9.17, 15) is 22.8 Å². The molecule has 0 aliphatic carbocycles. The molecule has 0 atom stereocenters. The first-order valence-electron chi connectivity index (χ1n) is 8.02. The lowest BCUT2D eigenvalue weighted by molar-refractivity contribution is -0.274. The molecule has 4 rings (SSSR count). The van der Waals surface area contributed by atoms with E-state index in [4.69, 9.17) is 0 Å². The Morgan fingerprint density at radius 2 is 1.59 bits per heavy atom. The van der Waals surface area contributed by atoms with Crippen molar-refractivity contribution in [1.82, 2.24) is 5.32 Å². The van der Waals surface area contributed by atoms with Gasteiger partial charge in [-0.05, 0) is 41.5 Å². The quantitative estimate of drug-likeness (QED) is 0.670. The highest BCUT2D eigenvalue weighted by Crippen LogP contribution is 2.38. The highest BCUT2D eigenvalue weighted by atomic mass is 19.4. The van der Waals surface area contributed by atoms with Crippen molar-refractivity contribution in [2.24, 2.45) is 0 Å². The van der Waals surface area contributed by atoms with Crippen LogP contribution in [0.3, 0.4) is 0 Å². The molecule has 0 fully saturated rings. The van der Waals surface area contributed by atoms with Crippen molar-refractivity contribution < 1.29 is 27.5 Å². The third-order valence-corrected chi connectivity index (χ3v) is 4.37. The van der Waals surface area contributed by atoms with Gasteiger partial charge in [-0.15, -0.1) is 13.2 Å². The summed E-state index contributed by atoms with van der Waals surface area (Å²) in [6, 6.07) is 12.5. The standard InChI is InChI=1S/C20H12F3NO3/c1-10-2-3-12-9-15-17(19(26)24-18(15)25)16(14(12)8-10)11-4-6-13(7-5-11)27-20(21,22)23/h2-9H,1H3,(H,24,25,26). The largest absolute Gasteiger partial charge is 0.573 e. The van der Waals surface area contributed by atoms with Gasteiger partial charge in [-0.1, -0.05) is 35.9 Å². The van der Waals surface area contributed by atoms with Crippen molar-refractivity contribution >= 4 is 22.6 Å². The highest BCUT2D eigenvalue weighted by molar-refractivity contribution is 6.27. The van der Waals surface area contributed by atoms with Crippen LogP contribution >= 0.6 is 0 Å². The van der Waals surface area contributed by atoms with Crippen LogP contribution in [0.2, 0.25) is 0 Å². The predicted octanol–water partition coefficient (Wildman–Crippen LogP) is 4.60. The number of halogens is 3. The van der Waals surface area contributed by atoms with Crippen LogP contribution in [0.5, 0.6) is 5.75 Å². The molecule has 0 aromatic heterocycles. The summed E-state index contributed by atoms with van der Waals surface area (Å²) in [5.41, 5.74) is 2.45. The molecule has 1 aliphatic heterocycles. The molecule has 1 aliphatic rings. The van der Waals surface area contributed by atoms with Crippen LogP contribution < -0.4 is 10.1 Å². The summed E-state index contributed by atoms with van der Waals surface area (Å²) in [6.45, 7) is 1.89. The summed E-state index contributed by atoms with van der Waals surface area (Å²) in [5.74, 6) is -1.38. The third-order valence-electron chi connectivity index (χ3n) is 4.37. The number of ether oxygens (including phenoxy) is 1. The fourth-order valence-electron chi connectivity index (χ4n) is 3.28. The highest BCUT2D eigenvalue weighted by Gasteiger charge is 2.33. The second kappa shape index (κ2) is 5.84. The molecule has 1 heterocycles. The number of hydrogen-bond donors (Lipinski definition) is 1. The van der Waals surface area contributed by atoms with Gasteiger partial charge in [-0.3, -0.25) is 14.9 Å². The molecule has 2 amide bonds. The van der Waals surface area contributed by atoms with Crippen molar-refractivity contribution in [3.8, 4) is 16.9 Å². The number of fused-ring (bicyclic) bond motifs is 2. The normalized spacial score (nSPS) is 13.6.